The minimum absolute atomic E-state index is 0.0861. The Labute approximate surface area is 123 Å². The summed E-state index contributed by atoms with van der Waals surface area (Å²) in [6.45, 7) is 8.00. The van der Waals surface area contributed by atoms with Gasteiger partial charge in [-0.3, -0.25) is 9.35 Å². The van der Waals surface area contributed by atoms with Crippen molar-refractivity contribution < 1.29 is 26.5 Å². The summed E-state index contributed by atoms with van der Waals surface area (Å²) in [5.41, 5.74) is -0.407. The maximum Gasteiger partial charge on any atom is 0.446 e. The van der Waals surface area contributed by atoms with Crippen LogP contribution in [0.15, 0.2) is 0 Å². The Morgan fingerprint density at radius 3 is 2.29 bits per heavy atom. The van der Waals surface area contributed by atoms with Crippen molar-refractivity contribution in [3.05, 3.63) is 0 Å². The van der Waals surface area contributed by atoms with E-state index in [2.05, 4.69) is 5.32 Å². The molecular weight excluding hydrogens is 304 g/mol. The van der Waals surface area contributed by atoms with E-state index in [9.17, 15) is 22.0 Å². The Bertz CT molecular complexity index is 575. The van der Waals surface area contributed by atoms with Crippen LogP contribution in [-0.4, -0.2) is 30.2 Å². The summed E-state index contributed by atoms with van der Waals surface area (Å²) < 4.78 is 56.5. The van der Waals surface area contributed by atoms with E-state index >= 15 is 0 Å². The van der Waals surface area contributed by atoms with Crippen LogP contribution in [0, 0.1) is 22.7 Å². The number of carbonyl (C=O) groups is 1. The summed E-state index contributed by atoms with van der Waals surface area (Å²) in [5.74, 6) is -1.32. The number of carbonyl (C=O) groups excluding carboxylic acids is 1. The SMILES string of the molecule is CCC1CC(NC(=O)C(F)(F)S(=O)(=O)O)C2(C)C1C2(C)C. The first-order chi connectivity index (χ1) is 9.31. The summed E-state index contributed by atoms with van der Waals surface area (Å²) in [7, 11) is -5.76. The second-order valence-electron chi connectivity index (χ2n) is 6.90. The molecule has 0 aliphatic heterocycles. The lowest BCUT2D eigenvalue weighted by atomic mass is 9.85. The van der Waals surface area contributed by atoms with Crippen LogP contribution >= 0.6 is 0 Å². The molecule has 0 saturated heterocycles. The van der Waals surface area contributed by atoms with Gasteiger partial charge in [-0.15, -0.1) is 0 Å². The van der Waals surface area contributed by atoms with Crippen LogP contribution in [0.2, 0.25) is 0 Å². The zero-order chi connectivity index (χ0) is 16.4. The van der Waals surface area contributed by atoms with Crippen LogP contribution in [0.3, 0.4) is 0 Å². The molecule has 21 heavy (non-hydrogen) atoms. The third-order valence-electron chi connectivity index (χ3n) is 5.88. The highest BCUT2D eigenvalue weighted by molar-refractivity contribution is 7.87. The largest absolute Gasteiger partial charge is 0.446 e. The van der Waals surface area contributed by atoms with E-state index in [4.69, 9.17) is 4.55 Å². The highest BCUT2D eigenvalue weighted by Crippen LogP contribution is 2.78. The summed E-state index contributed by atoms with van der Waals surface area (Å²) in [5, 5.41) is -2.67. The van der Waals surface area contributed by atoms with Crippen molar-refractivity contribution >= 4 is 16.0 Å². The van der Waals surface area contributed by atoms with E-state index in [0.717, 1.165) is 6.42 Å². The van der Waals surface area contributed by atoms with E-state index in [1.54, 1.807) is 0 Å². The minimum Gasteiger partial charge on any atom is -0.346 e. The zero-order valence-electron chi connectivity index (χ0n) is 12.5. The standard InChI is InChI=1S/C13H21F2NO4S/c1-5-7-6-8(12(4)9(7)11(12,2)3)16-10(17)13(14,15)21(18,19)20/h7-9H,5-6H2,1-4H3,(H,16,17)(H,18,19,20). The molecule has 2 saturated carbocycles. The number of nitrogens with one attached hydrogen (secondary N) is 1. The highest BCUT2D eigenvalue weighted by atomic mass is 32.2. The monoisotopic (exact) mass is 325 g/mol. The van der Waals surface area contributed by atoms with Crippen molar-refractivity contribution in [1.29, 1.82) is 0 Å². The predicted octanol–water partition coefficient (Wildman–Crippen LogP) is 2.04. The van der Waals surface area contributed by atoms with E-state index in [0.29, 0.717) is 18.3 Å². The van der Waals surface area contributed by atoms with Crippen LogP contribution in [0.25, 0.3) is 0 Å². The second kappa shape index (κ2) is 4.38. The minimum atomic E-state index is -5.76. The lowest BCUT2D eigenvalue weighted by molar-refractivity contribution is -0.137. The van der Waals surface area contributed by atoms with Crippen LogP contribution in [0.4, 0.5) is 8.78 Å². The molecule has 1 amide bonds. The van der Waals surface area contributed by atoms with Gasteiger partial charge in [0.2, 0.25) is 0 Å². The number of fused-ring (bicyclic) bond motifs is 1. The van der Waals surface area contributed by atoms with Crippen LogP contribution in [-0.2, 0) is 14.9 Å². The molecule has 2 aliphatic carbocycles. The molecule has 2 aliphatic rings. The molecule has 2 fully saturated rings. The Kier molecular flexibility index (Phi) is 3.46. The van der Waals surface area contributed by atoms with Crippen LogP contribution in [0.1, 0.15) is 40.5 Å². The third-order valence-corrected chi connectivity index (χ3v) is 6.71. The second-order valence-corrected chi connectivity index (χ2v) is 8.37. The summed E-state index contributed by atoms with van der Waals surface area (Å²) in [6.07, 6.45) is 1.43. The number of hydrogen-bond acceptors (Lipinski definition) is 3. The highest BCUT2D eigenvalue weighted by Gasteiger charge is 2.77. The van der Waals surface area contributed by atoms with Gasteiger partial charge in [0.05, 0.1) is 0 Å². The van der Waals surface area contributed by atoms with Crippen molar-refractivity contribution in [2.24, 2.45) is 22.7 Å². The molecule has 2 N–H and O–H groups in total. The molecule has 0 radical (unpaired) electrons. The Hall–Kier alpha value is -0.760. The Balaban J connectivity index is 2.20. The summed E-state index contributed by atoms with van der Waals surface area (Å²) >= 11 is 0. The molecule has 0 heterocycles. The summed E-state index contributed by atoms with van der Waals surface area (Å²) in [6, 6.07) is -0.512. The van der Waals surface area contributed by atoms with E-state index < -0.39 is 27.3 Å². The van der Waals surface area contributed by atoms with Gasteiger partial charge in [0.25, 0.3) is 0 Å². The molecule has 0 spiro atoms. The molecule has 2 rings (SSSR count). The number of amides is 1. The van der Waals surface area contributed by atoms with Gasteiger partial charge in [-0.1, -0.05) is 34.1 Å². The lowest BCUT2D eigenvalue weighted by Crippen LogP contribution is -2.51. The van der Waals surface area contributed by atoms with Crippen LogP contribution < -0.4 is 5.32 Å². The molecule has 0 bridgehead atoms. The first-order valence-corrected chi connectivity index (χ1v) is 8.41. The van der Waals surface area contributed by atoms with Gasteiger partial charge in [-0.05, 0) is 29.1 Å². The van der Waals surface area contributed by atoms with Crippen molar-refractivity contribution in [2.75, 3.05) is 0 Å². The third kappa shape index (κ3) is 2.02. The van der Waals surface area contributed by atoms with Crippen molar-refractivity contribution in [2.45, 2.75) is 51.8 Å². The van der Waals surface area contributed by atoms with E-state index in [1.165, 1.54) is 0 Å². The molecule has 5 nitrogen and oxygen atoms in total. The van der Waals surface area contributed by atoms with E-state index in [1.807, 2.05) is 27.7 Å². The zero-order valence-corrected chi connectivity index (χ0v) is 13.3. The topological polar surface area (TPSA) is 83.5 Å². The maximum atomic E-state index is 13.4. The van der Waals surface area contributed by atoms with Gasteiger partial charge in [-0.25, -0.2) is 0 Å². The number of rotatable bonds is 4. The average molecular weight is 325 g/mol. The quantitative estimate of drug-likeness (QED) is 0.775. The molecule has 4 atom stereocenters. The van der Waals surface area contributed by atoms with Crippen LogP contribution in [0.5, 0.6) is 0 Å². The molecule has 0 aromatic rings. The molecule has 0 aromatic heterocycles. The number of alkyl halides is 2. The normalized spacial score (nSPS) is 38.0. The number of hydrogen-bond donors (Lipinski definition) is 2. The van der Waals surface area contributed by atoms with Crippen molar-refractivity contribution in [1.82, 2.24) is 5.32 Å². The average Bonchev–Trinajstić information content (AvgIpc) is 2.64. The lowest BCUT2D eigenvalue weighted by Gasteiger charge is -2.28. The smallest absolute Gasteiger partial charge is 0.346 e. The van der Waals surface area contributed by atoms with Gasteiger partial charge in [0, 0.05) is 6.04 Å². The van der Waals surface area contributed by atoms with Gasteiger partial charge in [0.15, 0.2) is 0 Å². The molecule has 0 aromatic carbocycles. The molecule has 4 unspecified atom stereocenters. The van der Waals surface area contributed by atoms with Gasteiger partial charge in [0.1, 0.15) is 0 Å². The Morgan fingerprint density at radius 2 is 1.90 bits per heavy atom. The summed E-state index contributed by atoms with van der Waals surface area (Å²) in [4.78, 5) is 11.6. The fraction of sp³-hybridized carbons (Fsp3) is 0.923. The number of halogens is 2. The van der Waals surface area contributed by atoms with Crippen molar-refractivity contribution in [3.8, 4) is 0 Å². The van der Waals surface area contributed by atoms with Crippen molar-refractivity contribution in [3.63, 3.8) is 0 Å². The van der Waals surface area contributed by atoms with Gasteiger partial charge >= 0.3 is 21.3 Å². The van der Waals surface area contributed by atoms with Gasteiger partial charge < -0.3 is 5.32 Å². The maximum absolute atomic E-state index is 13.4. The first-order valence-electron chi connectivity index (χ1n) is 6.97. The molecular formula is C13H21F2NO4S. The van der Waals surface area contributed by atoms with E-state index in [-0.39, 0.29) is 10.8 Å². The Morgan fingerprint density at radius 1 is 1.38 bits per heavy atom. The van der Waals surface area contributed by atoms with Gasteiger partial charge in [-0.2, -0.15) is 17.2 Å². The fourth-order valence-corrected chi connectivity index (χ4v) is 4.75. The predicted molar refractivity (Wildman–Crippen MR) is 72.2 cm³/mol. The molecule has 8 heteroatoms. The molecule has 122 valence electrons. The fourth-order valence-electron chi connectivity index (χ4n) is 4.46. The first kappa shape index (κ1) is 16.6.